The summed E-state index contributed by atoms with van der Waals surface area (Å²) in [6, 6.07) is 11.2. The Kier molecular flexibility index (Phi) is 3.93. The van der Waals surface area contributed by atoms with Crippen molar-refractivity contribution in [3.63, 3.8) is 0 Å². The Labute approximate surface area is 108 Å². The summed E-state index contributed by atoms with van der Waals surface area (Å²) >= 11 is 0. The molecule has 0 nitrogen and oxygen atoms in total. The van der Waals surface area contributed by atoms with E-state index in [1.165, 1.54) is 6.42 Å². The lowest BCUT2D eigenvalue weighted by molar-refractivity contribution is 0.572. The van der Waals surface area contributed by atoms with Crippen molar-refractivity contribution in [3.8, 4) is 0 Å². The Morgan fingerprint density at radius 2 is 1.41 bits per heavy atom. The Hall–Kier alpha value is -0.563. The van der Waals surface area contributed by atoms with Gasteiger partial charge >= 0.3 is 0 Å². The maximum Gasteiger partial charge on any atom is 0.0944 e. The SMILES string of the molecule is CCC(C)(C)[Si](C)(c1ccccc1)C(C)(C)C. The van der Waals surface area contributed by atoms with Crippen LogP contribution in [0.5, 0.6) is 0 Å². The van der Waals surface area contributed by atoms with Crippen molar-refractivity contribution in [1.29, 1.82) is 0 Å². The van der Waals surface area contributed by atoms with Crippen molar-refractivity contribution >= 4 is 13.3 Å². The van der Waals surface area contributed by atoms with Crippen LogP contribution in [0.15, 0.2) is 30.3 Å². The van der Waals surface area contributed by atoms with Gasteiger partial charge in [0, 0.05) is 0 Å². The van der Waals surface area contributed by atoms with Gasteiger partial charge in [0.1, 0.15) is 0 Å². The van der Waals surface area contributed by atoms with E-state index in [2.05, 4.69) is 78.4 Å². The zero-order chi connectivity index (χ0) is 13.3. The van der Waals surface area contributed by atoms with Crippen LogP contribution in [0.2, 0.25) is 16.6 Å². The van der Waals surface area contributed by atoms with Crippen LogP contribution >= 0.6 is 0 Å². The third-order valence-corrected chi connectivity index (χ3v) is 12.6. The van der Waals surface area contributed by atoms with Gasteiger partial charge in [0.25, 0.3) is 0 Å². The maximum atomic E-state index is 2.56. The van der Waals surface area contributed by atoms with Crippen LogP contribution in [0.1, 0.15) is 48.0 Å². The van der Waals surface area contributed by atoms with Gasteiger partial charge < -0.3 is 0 Å². The van der Waals surface area contributed by atoms with Gasteiger partial charge in [0.05, 0.1) is 8.07 Å². The molecule has 0 aliphatic rings. The average Bonchev–Trinajstić information content (AvgIpc) is 2.27. The molecule has 0 amide bonds. The van der Waals surface area contributed by atoms with Gasteiger partial charge in [0.2, 0.25) is 0 Å². The van der Waals surface area contributed by atoms with E-state index in [4.69, 9.17) is 0 Å². The van der Waals surface area contributed by atoms with E-state index in [1.54, 1.807) is 5.19 Å². The monoisotopic (exact) mass is 248 g/mol. The lowest BCUT2D eigenvalue weighted by Gasteiger charge is -2.51. The molecule has 0 aliphatic carbocycles. The first-order chi connectivity index (χ1) is 7.67. The molecule has 1 unspecified atom stereocenters. The highest BCUT2D eigenvalue weighted by molar-refractivity contribution is 6.95. The molecule has 0 fully saturated rings. The van der Waals surface area contributed by atoms with Gasteiger partial charge in [-0.2, -0.15) is 0 Å². The van der Waals surface area contributed by atoms with Crippen molar-refractivity contribution in [3.05, 3.63) is 30.3 Å². The van der Waals surface area contributed by atoms with Gasteiger partial charge in [-0.15, -0.1) is 0 Å². The zero-order valence-corrected chi connectivity index (χ0v) is 13.6. The highest BCUT2D eigenvalue weighted by Gasteiger charge is 2.51. The zero-order valence-electron chi connectivity index (χ0n) is 12.6. The molecule has 1 atom stereocenters. The molecule has 0 spiro atoms. The van der Waals surface area contributed by atoms with Gasteiger partial charge in [-0.3, -0.25) is 0 Å². The second-order valence-electron chi connectivity index (χ2n) is 6.98. The molecule has 0 bridgehead atoms. The van der Waals surface area contributed by atoms with E-state index in [0.29, 0.717) is 10.1 Å². The van der Waals surface area contributed by atoms with Crippen LogP contribution in [0.25, 0.3) is 0 Å². The van der Waals surface area contributed by atoms with Gasteiger partial charge in [0.15, 0.2) is 0 Å². The van der Waals surface area contributed by atoms with E-state index in [9.17, 15) is 0 Å². The summed E-state index contributed by atoms with van der Waals surface area (Å²) in [6.45, 7) is 17.1. The normalized spacial score (nSPS) is 16.6. The fourth-order valence-corrected chi connectivity index (χ4v) is 8.21. The summed E-state index contributed by atoms with van der Waals surface area (Å²) in [6.07, 6.45) is 1.25. The Balaban J connectivity index is 3.42. The first kappa shape index (κ1) is 14.5. The molecule has 0 heterocycles. The number of rotatable bonds is 3. The predicted octanol–water partition coefficient (Wildman–Crippen LogP) is 4.96. The summed E-state index contributed by atoms with van der Waals surface area (Å²) in [5.41, 5.74) is 0. The van der Waals surface area contributed by atoms with Crippen LogP contribution in [0, 0.1) is 0 Å². The predicted molar refractivity (Wildman–Crippen MR) is 81.7 cm³/mol. The van der Waals surface area contributed by atoms with E-state index >= 15 is 0 Å². The summed E-state index contributed by atoms with van der Waals surface area (Å²) in [7, 11) is -1.55. The van der Waals surface area contributed by atoms with E-state index in [0.717, 1.165) is 0 Å². The number of hydrogen-bond acceptors (Lipinski definition) is 0. The molecular weight excluding hydrogens is 220 g/mol. The summed E-state index contributed by atoms with van der Waals surface area (Å²) in [5.74, 6) is 0. The molecule has 0 radical (unpaired) electrons. The molecule has 1 aromatic rings. The summed E-state index contributed by atoms with van der Waals surface area (Å²) < 4.78 is 0. The summed E-state index contributed by atoms with van der Waals surface area (Å²) in [4.78, 5) is 0. The Morgan fingerprint density at radius 3 is 1.76 bits per heavy atom. The molecule has 96 valence electrons. The van der Waals surface area contributed by atoms with Crippen LogP contribution < -0.4 is 5.19 Å². The van der Waals surface area contributed by atoms with Crippen LogP contribution in [-0.2, 0) is 0 Å². The fourth-order valence-electron chi connectivity index (χ4n) is 2.96. The highest BCUT2D eigenvalue weighted by atomic mass is 28.3. The molecule has 1 rings (SSSR count). The first-order valence-corrected chi connectivity index (χ1v) is 9.22. The highest BCUT2D eigenvalue weighted by Crippen LogP contribution is 2.52. The summed E-state index contributed by atoms with van der Waals surface area (Å²) in [5, 5.41) is 2.40. The molecule has 17 heavy (non-hydrogen) atoms. The molecule has 0 saturated carbocycles. The smallest absolute Gasteiger partial charge is 0.0651 e. The topological polar surface area (TPSA) is 0 Å². The second-order valence-corrected chi connectivity index (χ2v) is 12.7. The van der Waals surface area contributed by atoms with E-state index in [-0.39, 0.29) is 0 Å². The maximum absolute atomic E-state index is 2.56. The van der Waals surface area contributed by atoms with Crippen molar-refractivity contribution < 1.29 is 0 Å². The minimum atomic E-state index is -1.55. The minimum Gasteiger partial charge on any atom is -0.0651 e. The number of hydrogen-bond donors (Lipinski definition) is 0. The van der Waals surface area contributed by atoms with Gasteiger partial charge in [-0.25, -0.2) is 0 Å². The molecule has 0 aliphatic heterocycles. The molecule has 0 N–H and O–H groups in total. The van der Waals surface area contributed by atoms with Gasteiger partial charge in [-0.1, -0.05) is 90.0 Å². The third kappa shape index (κ3) is 2.35. The first-order valence-electron chi connectivity index (χ1n) is 6.72. The van der Waals surface area contributed by atoms with E-state index in [1.807, 2.05) is 0 Å². The molecule has 1 heteroatoms. The Bertz CT molecular complexity index is 359. The molecule has 0 aromatic heterocycles. The lowest BCUT2D eigenvalue weighted by atomic mass is 10.1. The third-order valence-electron chi connectivity index (χ3n) is 5.09. The largest absolute Gasteiger partial charge is 0.0944 e. The number of benzene rings is 1. The molecule has 1 aromatic carbocycles. The lowest BCUT2D eigenvalue weighted by Crippen LogP contribution is -2.59. The minimum absolute atomic E-state index is 0.383. The standard InChI is InChI=1S/C16H28Si/c1-8-16(5,6)17(7,15(2,3)4)14-12-10-9-11-13-14/h9-13H,8H2,1-7H3. The van der Waals surface area contributed by atoms with Crippen LogP contribution in [0.3, 0.4) is 0 Å². The molecular formula is C16H28Si. The van der Waals surface area contributed by atoms with Crippen molar-refractivity contribution in [2.75, 3.05) is 0 Å². The van der Waals surface area contributed by atoms with Crippen molar-refractivity contribution in [1.82, 2.24) is 0 Å². The quantitative estimate of drug-likeness (QED) is 0.663. The van der Waals surface area contributed by atoms with Crippen LogP contribution in [0.4, 0.5) is 0 Å². The van der Waals surface area contributed by atoms with E-state index < -0.39 is 8.07 Å². The van der Waals surface area contributed by atoms with Gasteiger partial charge in [-0.05, 0) is 10.1 Å². The molecule has 0 saturated heterocycles. The fraction of sp³-hybridized carbons (Fsp3) is 0.625. The average molecular weight is 248 g/mol. The van der Waals surface area contributed by atoms with Crippen molar-refractivity contribution in [2.24, 2.45) is 0 Å². The van der Waals surface area contributed by atoms with Crippen molar-refractivity contribution in [2.45, 2.75) is 64.6 Å². The second kappa shape index (κ2) is 4.60. The Morgan fingerprint density at radius 1 is 0.941 bits per heavy atom. The van der Waals surface area contributed by atoms with Crippen LogP contribution in [-0.4, -0.2) is 8.07 Å².